The second kappa shape index (κ2) is 5.92. The predicted molar refractivity (Wildman–Crippen MR) is 77.4 cm³/mol. The van der Waals surface area contributed by atoms with Crippen LogP contribution >= 0.6 is 0 Å². The van der Waals surface area contributed by atoms with Crippen molar-refractivity contribution in [2.24, 2.45) is 5.73 Å². The zero-order chi connectivity index (χ0) is 14.6. The van der Waals surface area contributed by atoms with E-state index in [2.05, 4.69) is 21.5 Å². The number of nitrogens with two attached hydrogens (primary N) is 1. The third kappa shape index (κ3) is 3.18. The first-order chi connectivity index (χ1) is 9.51. The van der Waals surface area contributed by atoms with Crippen molar-refractivity contribution in [2.75, 3.05) is 6.54 Å². The number of nitrogens with one attached hydrogen (secondary N) is 1. The van der Waals surface area contributed by atoms with Crippen LogP contribution in [0, 0.1) is 11.8 Å². The van der Waals surface area contributed by atoms with Gasteiger partial charge in [0.1, 0.15) is 4.90 Å². The molecular weight excluding hydrogens is 274 g/mol. The molecule has 0 spiro atoms. The Morgan fingerprint density at radius 1 is 1.45 bits per heavy atom. The van der Waals surface area contributed by atoms with Crippen LogP contribution in [0.3, 0.4) is 0 Å². The van der Waals surface area contributed by atoms with Gasteiger partial charge in [-0.3, -0.25) is 4.98 Å². The van der Waals surface area contributed by atoms with Crippen molar-refractivity contribution in [3.63, 3.8) is 0 Å². The summed E-state index contributed by atoms with van der Waals surface area (Å²) in [7, 11) is -3.55. The van der Waals surface area contributed by atoms with E-state index >= 15 is 0 Å². The zero-order valence-electron chi connectivity index (χ0n) is 11.5. The van der Waals surface area contributed by atoms with E-state index in [1.165, 1.54) is 18.5 Å². The number of nitrogens with zero attached hydrogens (tertiary/aromatic N) is 1. The number of hydrogen-bond donors (Lipinski definition) is 2. The number of hydrogen-bond acceptors (Lipinski definition) is 4. The van der Waals surface area contributed by atoms with E-state index in [0.29, 0.717) is 5.56 Å². The lowest BCUT2D eigenvalue weighted by Crippen LogP contribution is -2.52. The fourth-order valence-electron chi connectivity index (χ4n) is 2.26. The minimum atomic E-state index is -3.55. The Balaban J connectivity index is 2.25. The van der Waals surface area contributed by atoms with E-state index < -0.39 is 10.0 Å². The second-order valence-corrected chi connectivity index (χ2v) is 6.69. The molecule has 1 aliphatic rings. The monoisotopic (exact) mass is 293 g/mol. The molecule has 0 aliphatic heterocycles. The van der Waals surface area contributed by atoms with E-state index in [1.807, 2.05) is 6.92 Å². The molecule has 0 atom stereocenters. The molecular formula is C14H19N3O2S. The highest BCUT2D eigenvalue weighted by Crippen LogP contribution is 2.36. The molecule has 0 radical (unpaired) electrons. The average molecular weight is 293 g/mol. The molecule has 1 fully saturated rings. The molecule has 1 aromatic rings. The van der Waals surface area contributed by atoms with E-state index in [0.717, 1.165) is 25.7 Å². The average Bonchev–Trinajstić information content (AvgIpc) is 2.41. The quantitative estimate of drug-likeness (QED) is 0.811. The Hall–Kier alpha value is -1.42. The van der Waals surface area contributed by atoms with Gasteiger partial charge in [-0.25, -0.2) is 13.1 Å². The first-order valence-electron chi connectivity index (χ1n) is 6.69. The van der Waals surface area contributed by atoms with Crippen LogP contribution in [0.1, 0.15) is 38.2 Å². The van der Waals surface area contributed by atoms with Gasteiger partial charge < -0.3 is 5.73 Å². The van der Waals surface area contributed by atoms with Gasteiger partial charge in [0.15, 0.2) is 0 Å². The van der Waals surface area contributed by atoms with Crippen molar-refractivity contribution in [3.05, 3.63) is 24.0 Å². The van der Waals surface area contributed by atoms with Gasteiger partial charge >= 0.3 is 0 Å². The SMILES string of the molecule is CCC1(NS(=O)(=O)c2cncc(C#CCN)c2)CCC1. The maximum absolute atomic E-state index is 12.4. The van der Waals surface area contributed by atoms with Gasteiger partial charge in [0.05, 0.1) is 6.54 Å². The Bertz CT molecular complexity index is 634. The molecule has 20 heavy (non-hydrogen) atoms. The third-order valence-electron chi connectivity index (χ3n) is 3.70. The summed E-state index contributed by atoms with van der Waals surface area (Å²) in [5, 5.41) is 0. The highest BCUT2D eigenvalue weighted by molar-refractivity contribution is 7.89. The summed E-state index contributed by atoms with van der Waals surface area (Å²) in [6.07, 6.45) is 6.52. The molecule has 6 heteroatoms. The number of sulfonamides is 1. The predicted octanol–water partition coefficient (Wildman–Crippen LogP) is 1.00. The van der Waals surface area contributed by atoms with E-state index in [4.69, 9.17) is 5.73 Å². The maximum atomic E-state index is 12.4. The molecule has 0 saturated heterocycles. The lowest BCUT2D eigenvalue weighted by molar-refractivity contribution is 0.214. The lowest BCUT2D eigenvalue weighted by atomic mass is 9.76. The molecule has 0 bridgehead atoms. The van der Waals surface area contributed by atoms with Crippen molar-refractivity contribution >= 4 is 10.0 Å². The molecule has 5 nitrogen and oxygen atoms in total. The summed E-state index contributed by atoms with van der Waals surface area (Å²) in [5.41, 5.74) is 5.58. The molecule has 108 valence electrons. The molecule has 0 aromatic carbocycles. The topological polar surface area (TPSA) is 85.1 Å². The summed E-state index contributed by atoms with van der Waals surface area (Å²) < 4.78 is 27.6. The van der Waals surface area contributed by atoms with Crippen molar-refractivity contribution < 1.29 is 8.42 Å². The van der Waals surface area contributed by atoms with Gasteiger partial charge in [-0.1, -0.05) is 18.8 Å². The largest absolute Gasteiger partial charge is 0.320 e. The van der Waals surface area contributed by atoms with Crippen molar-refractivity contribution in [1.82, 2.24) is 9.71 Å². The smallest absolute Gasteiger partial charge is 0.242 e. The molecule has 1 aliphatic carbocycles. The van der Waals surface area contributed by atoms with Gasteiger partial charge in [-0.2, -0.15) is 0 Å². The van der Waals surface area contributed by atoms with E-state index in [1.54, 1.807) is 0 Å². The Labute approximate surface area is 120 Å². The molecule has 1 aromatic heterocycles. The van der Waals surface area contributed by atoms with Crippen molar-refractivity contribution in [2.45, 2.75) is 43.0 Å². The fourth-order valence-corrected chi connectivity index (χ4v) is 3.78. The van der Waals surface area contributed by atoms with E-state index in [-0.39, 0.29) is 17.0 Å². The minimum absolute atomic E-state index is 0.154. The number of rotatable bonds is 4. The normalized spacial score (nSPS) is 16.9. The van der Waals surface area contributed by atoms with Gasteiger partial charge in [0.2, 0.25) is 10.0 Å². The lowest BCUT2D eigenvalue weighted by Gasteiger charge is -2.41. The van der Waals surface area contributed by atoms with Gasteiger partial charge in [0, 0.05) is 23.5 Å². The van der Waals surface area contributed by atoms with Crippen LogP contribution in [0.15, 0.2) is 23.4 Å². The molecule has 2 rings (SSSR count). The van der Waals surface area contributed by atoms with Gasteiger partial charge in [-0.15, -0.1) is 0 Å². The van der Waals surface area contributed by atoms with Gasteiger partial charge in [0.25, 0.3) is 0 Å². The van der Waals surface area contributed by atoms with Gasteiger partial charge in [-0.05, 0) is 31.7 Å². The summed E-state index contributed by atoms with van der Waals surface area (Å²) in [5.74, 6) is 5.48. The standard InChI is InChI=1S/C14H19N3O2S/c1-2-14(6-4-7-14)17-20(18,19)13-9-12(5-3-8-15)10-16-11-13/h9-11,17H,2,4,6-8,15H2,1H3. The molecule has 0 unspecified atom stereocenters. The molecule has 3 N–H and O–H groups in total. The summed E-state index contributed by atoms with van der Waals surface area (Å²) in [6, 6.07) is 1.53. The summed E-state index contributed by atoms with van der Waals surface area (Å²) in [6.45, 7) is 2.23. The van der Waals surface area contributed by atoms with Crippen LogP contribution in [-0.2, 0) is 10.0 Å². The first kappa shape index (κ1) is 15.0. The zero-order valence-corrected chi connectivity index (χ0v) is 12.3. The number of aromatic nitrogens is 1. The van der Waals surface area contributed by atoms with Crippen LogP contribution < -0.4 is 10.5 Å². The van der Waals surface area contributed by atoms with Crippen molar-refractivity contribution in [3.8, 4) is 11.8 Å². The molecule has 1 heterocycles. The Kier molecular flexibility index (Phi) is 4.43. The van der Waals surface area contributed by atoms with Crippen LogP contribution in [0.4, 0.5) is 0 Å². The Morgan fingerprint density at radius 2 is 2.20 bits per heavy atom. The molecule has 1 saturated carbocycles. The highest BCUT2D eigenvalue weighted by atomic mass is 32.2. The summed E-state index contributed by atoms with van der Waals surface area (Å²) >= 11 is 0. The van der Waals surface area contributed by atoms with Crippen LogP contribution in [-0.4, -0.2) is 25.5 Å². The van der Waals surface area contributed by atoms with Crippen LogP contribution in [0.2, 0.25) is 0 Å². The second-order valence-electron chi connectivity index (χ2n) is 5.01. The minimum Gasteiger partial charge on any atom is -0.320 e. The fraction of sp³-hybridized carbons (Fsp3) is 0.500. The number of pyridine rings is 1. The van der Waals surface area contributed by atoms with Crippen LogP contribution in [0.5, 0.6) is 0 Å². The van der Waals surface area contributed by atoms with Crippen LogP contribution in [0.25, 0.3) is 0 Å². The van der Waals surface area contributed by atoms with E-state index in [9.17, 15) is 8.42 Å². The Morgan fingerprint density at radius 3 is 2.75 bits per heavy atom. The highest BCUT2D eigenvalue weighted by Gasteiger charge is 2.39. The maximum Gasteiger partial charge on any atom is 0.242 e. The van der Waals surface area contributed by atoms with Crippen molar-refractivity contribution in [1.29, 1.82) is 0 Å². The summed E-state index contributed by atoms with van der Waals surface area (Å²) in [4.78, 5) is 4.09. The third-order valence-corrected chi connectivity index (χ3v) is 5.24. The first-order valence-corrected chi connectivity index (χ1v) is 8.18. The molecule has 0 amide bonds.